The van der Waals surface area contributed by atoms with E-state index in [-0.39, 0.29) is 12.1 Å². The standard InChI is InChI=1S/C38H48N4O3/c1-3-5-7-13-25-39-38(45)42(30-14-9-8-10-15-30)31-23-24-34-35(26-31)41(36(40-34)18-6-4-2)27-28-19-21-29(22-20-28)32-16-11-12-17-33(32)37(43)44/h11-12,16-17,19-24,26,30H,3-10,13-15,18,25,27H2,1-2H3,(H,39,45)(H,43,44). The Morgan fingerprint density at radius 1 is 0.911 bits per heavy atom. The molecule has 0 saturated heterocycles. The van der Waals surface area contributed by atoms with Crippen molar-refractivity contribution in [1.29, 1.82) is 0 Å². The van der Waals surface area contributed by atoms with E-state index in [4.69, 9.17) is 4.98 Å². The van der Waals surface area contributed by atoms with Crippen molar-refractivity contribution in [2.45, 2.75) is 103 Å². The van der Waals surface area contributed by atoms with Crippen LogP contribution in [0.5, 0.6) is 0 Å². The topological polar surface area (TPSA) is 87.5 Å². The summed E-state index contributed by atoms with van der Waals surface area (Å²) in [5, 5.41) is 12.9. The van der Waals surface area contributed by atoms with Gasteiger partial charge in [-0.15, -0.1) is 0 Å². The van der Waals surface area contributed by atoms with Crippen LogP contribution in [0.1, 0.15) is 106 Å². The van der Waals surface area contributed by atoms with Gasteiger partial charge in [0.2, 0.25) is 0 Å². The molecule has 1 fully saturated rings. The lowest BCUT2D eigenvalue weighted by Crippen LogP contribution is -2.47. The third kappa shape index (κ3) is 7.94. The number of unbranched alkanes of at least 4 members (excludes halogenated alkanes) is 4. The van der Waals surface area contributed by atoms with E-state index in [1.807, 2.05) is 29.2 Å². The lowest BCUT2D eigenvalue weighted by molar-refractivity contribution is 0.0697. The van der Waals surface area contributed by atoms with E-state index in [1.165, 1.54) is 19.3 Å². The number of aryl methyl sites for hydroxylation is 1. The maximum absolute atomic E-state index is 13.7. The van der Waals surface area contributed by atoms with Gasteiger partial charge < -0.3 is 15.0 Å². The van der Waals surface area contributed by atoms with E-state index in [0.29, 0.717) is 24.2 Å². The van der Waals surface area contributed by atoms with Crippen LogP contribution < -0.4 is 10.2 Å². The third-order valence-corrected chi connectivity index (χ3v) is 9.07. The van der Waals surface area contributed by atoms with Crippen LogP contribution in [0.3, 0.4) is 0 Å². The number of carboxylic acid groups (broad SMARTS) is 1. The molecule has 1 heterocycles. The second-order valence-corrected chi connectivity index (χ2v) is 12.4. The van der Waals surface area contributed by atoms with Gasteiger partial charge in [-0.3, -0.25) is 4.90 Å². The second-order valence-electron chi connectivity index (χ2n) is 12.4. The minimum absolute atomic E-state index is 0.00671. The second kappa shape index (κ2) is 15.7. The van der Waals surface area contributed by atoms with E-state index < -0.39 is 5.97 Å². The van der Waals surface area contributed by atoms with Crippen LogP contribution >= 0.6 is 0 Å². The zero-order chi connectivity index (χ0) is 31.6. The van der Waals surface area contributed by atoms with Gasteiger partial charge in [0.15, 0.2) is 0 Å². The maximum atomic E-state index is 13.7. The number of hydrogen-bond acceptors (Lipinski definition) is 3. The van der Waals surface area contributed by atoms with Crippen molar-refractivity contribution in [2.75, 3.05) is 11.4 Å². The number of rotatable bonds is 14. The summed E-state index contributed by atoms with van der Waals surface area (Å²) in [7, 11) is 0. The van der Waals surface area contributed by atoms with Crippen molar-refractivity contribution in [2.24, 2.45) is 0 Å². The Bertz CT molecular complexity index is 1570. The van der Waals surface area contributed by atoms with Crippen LogP contribution in [-0.2, 0) is 13.0 Å². The van der Waals surface area contributed by atoms with Gasteiger partial charge in [0.1, 0.15) is 5.82 Å². The summed E-state index contributed by atoms with van der Waals surface area (Å²) < 4.78 is 2.30. The Balaban J connectivity index is 1.46. The number of nitrogens with one attached hydrogen (secondary N) is 1. The molecule has 0 bridgehead atoms. The Kier molecular flexibility index (Phi) is 11.3. The van der Waals surface area contributed by atoms with Gasteiger partial charge in [0, 0.05) is 31.2 Å². The van der Waals surface area contributed by atoms with Crippen molar-refractivity contribution >= 4 is 28.7 Å². The minimum Gasteiger partial charge on any atom is -0.478 e. The molecule has 0 radical (unpaired) electrons. The summed E-state index contributed by atoms with van der Waals surface area (Å²) in [4.78, 5) is 32.6. The average Bonchev–Trinajstić information content (AvgIpc) is 3.40. The highest BCUT2D eigenvalue weighted by atomic mass is 16.4. The van der Waals surface area contributed by atoms with Crippen LogP contribution in [-0.4, -0.2) is 39.2 Å². The molecule has 2 N–H and O–H groups in total. The molecule has 3 aromatic carbocycles. The number of urea groups is 1. The maximum Gasteiger partial charge on any atom is 0.336 e. The number of benzene rings is 3. The number of anilines is 1. The molecule has 7 heteroatoms. The first-order valence-corrected chi connectivity index (χ1v) is 17.0. The molecule has 2 amide bonds. The normalized spacial score (nSPS) is 13.6. The molecular weight excluding hydrogens is 560 g/mol. The first-order chi connectivity index (χ1) is 22.0. The van der Waals surface area contributed by atoms with Crippen LogP contribution in [0.15, 0.2) is 66.7 Å². The molecule has 1 aromatic heterocycles. The summed E-state index contributed by atoms with van der Waals surface area (Å²) in [5.41, 5.74) is 5.92. The number of carbonyl (C=O) groups excluding carboxylic acids is 1. The summed E-state index contributed by atoms with van der Waals surface area (Å²) in [5.74, 6) is 0.122. The van der Waals surface area contributed by atoms with Crippen molar-refractivity contribution in [1.82, 2.24) is 14.9 Å². The van der Waals surface area contributed by atoms with Gasteiger partial charge in [-0.05, 0) is 66.6 Å². The molecule has 1 aliphatic carbocycles. The first-order valence-electron chi connectivity index (χ1n) is 17.0. The molecule has 0 spiro atoms. The van der Waals surface area contributed by atoms with Crippen molar-refractivity contribution in [3.05, 3.63) is 83.7 Å². The molecule has 7 nitrogen and oxygen atoms in total. The predicted octanol–water partition coefficient (Wildman–Crippen LogP) is 9.22. The smallest absolute Gasteiger partial charge is 0.336 e. The quantitative estimate of drug-likeness (QED) is 0.140. The van der Waals surface area contributed by atoms with E-state index >= 15 is 0 Å². The monoisotopic (exact) mass is 608 g/mol. The lowest BCUT2D eigenvalue weighted by Gasteiger charge is -2.34. The number of amides is 2. The van der Waals surface area contributed by atoms with Crippen molar-refractivity contribution < 1.29 is 14.7 Å². The zero-order valence-corrected chi connectivity index (χ0v) is 26.9. The number of carbonyl (C=O) groups is 2. The zero-order valence-electron chi connectivity index (χ0n) is 26.9. The highest BCUT2D eigenvalue weighted by Crippen LogP contribution is 2.31. The highest BCUT2D eigenvalue weighted by molar-refractivity contribution is 5.96. The van der Waals surface area contributed by atoms with Crippen LogP contribution in [0.2, 0.25) is 0 Å². The van der Waals surface area contributed by atoms with Gasteiger partial charge in [0.05, 0.1) is 16.6 Å². The average molecular weight is 609 g/mol. The largest absolute Gasteiger partial charge is 0.478 e. The Labute approximate surface area is 267 Å². The molecular formula is C38H48N4O3. The number of imidazole rings is 1. The Hall–Kier alpha value is -4.13. The Morgan fingerprint density at radius 2 is 1.67 bits per heavy atom. The fourth-order valence-electron chi connectivity index (χ4n) is 6.57. The van der Waals surface area contributed by atoms with E-state index in [2.05, 4.69) is 54.1 Å². The van der Waals surface area contributed by atoms with Gasteiger partial charge in [-0.25, -0.2) is 14.6 Å². The molecule has 0 atom stereocenters. The molecule has 5 rings (SSSR count). The van der Waals surface area contributed by atoms with Gasteiger partial charge in [-0.1, -0.05) is 101 Å². The molecule has 4 aromatic rings. The van der Waals surface area contributed by atoms with Crippen molar-refractivity contribution in [3.8, 4) is 11.1 Å². The number of aromatic carboxylic acids is 1. The van der Waals surface area contributed by atoms with Gasteiger partial charge >= 0.3 is 12.0 Å². The Morgan fingerprint density at radius 3 is 2.40 bits per heavy atom. The molecule has 0 aliphatic heterocycles. The van der Waals surface area contributed by atoms with Gasteiger partial charge in [-0.2, -0.15) is 0 Å². The summed E-state index contributed by atoms with van der Waals surface area (Å²) in [6.45, 7) is 5.75. The van der Waals surface area contributed by atoms with E-state index in [1.54, 1.807) is 12.1 Å². The number of carboxylic acids is 1. The lowest BCUT2D eigenvalue weighted by atomic mass is 9.94. The summed E-state index contributed by atoms with van der Waals surface area (Å²) in [6.07, 6.45) is 13.1. The number of nitrogens with zero attached hydrogens (tertiary/aromatic N) is 3. The summed E-state index contributed by atoms with van der Waals surface area (Å²) >= 11 is 0. The summed E-state index contributed by atoms with van der Waals surface area (Å²) in [6, 6.07) is 21.8. The highest BCUT2D eigenvalue weighted by Gasteiger charge is 2.27. The SMILES string of the molecule is CCCCCCNC(=O)N(c1ccc2nc(CCCC)n(Cc3ccc(-c4ccccc4C(=O)O)cc3)c2c1)C1CCCCC1. The fraction of sp³-hybridized carbons (Fsp3) is 0.447. The van der Waals surface area contributed by atoms with E-state index in [9.17, 15) is 14.7 Å². The van der Waals surface area contributed by atoms with E-state index in [0.717, 1.165) is 91.5 Å². The van der Waals surface area contributed by atoms with Gasteiger partial charge in [0.25, 0.3) is 0 Å². The molecule has 1 aliphatic rings. The first kappa shape index (κ1) is 32.3. The fourth-order valence-corrected chi connectivity index (χ4v) is 6.57. The number of fused-ring (bicyclic) bond motifs is 1. The molecule has 45 heavy (non-hydrogen) atoms. The molecule has 0 unspecified atom stereocenters. The number of hydrogen-bond donors (Lipinski definition) is 2. The van der Waals surface area contributed by atoms with Crippen LogP contribution in [0.25, 0.3) is 22.2 Å². The third-order valence-electron chi connectivity index (χ3n) is 9.07. The molecule has 1 saturated carbocycles. The van der Waals surface area contributed by atoms with Crippen LogP contribution in [0, 0.1) is 0 Å². The minimum atomic E-state index is -0.927. The molecule has 238 valence electrons. The van der Waals surface area contributed by atoms with Crippen molar-refractivity contribution in [3.63, 3.8) is 0 Å². The number of aromatic nitrogens is 2. The predicted molar refractivity (Wildman–Crippen MR) is 183 cm³/mol. The van der Waals surface area contributed by atoms with Crippen LogP contribution in [0.4, 0.5) is 10.5 Å².